The molecule has 0 spiro atoms. The Kier molecular flexibility index (Phi) is 5.09. The van der Waals surface area contributed by atoms with Crippen LogP contribution in [0.1, 0.15) is 22.3 Å². The highest BCUT2D eigenvalue weighted by Crippen LogP contribution is 2.56. The Hall–Kier alpha value is -1.76. The van der Waals surface area contributed by atoms with Crippen molar-refractivity contribution in [3.05, 3.63) is 57.6 Å². The molecule has 26 heavy (non-hydrogen) atoms. The third-order valence-corrected chi connectivity index (χ3v) is 4.58. The maximum atomic E-state index is 14.8. The molecule has 0 aliphatic rings. The van der Waals surface area contributed by atoms with E-state index in [1.807, 2.05) is 0 Å². The van der Waals surface area contributed by atoms with Crippen molar-refractivity contribution < 1.29 is 30.7 Å². The van der Waals surface area contributed by atoms with Gasteiger partial charge in [0.05, 0.1) is 0 Å². The number of benzene rings is 2. The third kappa shape index (κ3) is 3.17. The van der Waals surface area contributed by atoms with E-state index in [2.05, 4.69) is 0 Å². The molecule has 0 aliphatic heterocycles. The second kappa shape index (κ2) is 6.44. The summed E-state index contributed by atoms with van der Waals surface area (Å²) in [4.78, 5) is 0. The zero-order valence-electron chi connectivity index (χ0n) is 13.9. The fourth-order valence-corrected chi connectivity index (χ4v) is 3.12. The first kappa shape index (κ1) is 20.6. The molecule has 2 aromatic carbocycles. The van der Waals surface area contributed by atoms with Crippen molar-refractivity contribution >= 4 is 11.6 Å². The highest BCUT2D eigenvalue weighted by Gasteiger charge is 2.74. The van der Waals surface area contributed by atoms with E-state index in [0.717, 1.165) is 0 Å². The first-order valence-electron chi connectivity index (χ1n) is 7.41. The molecule has 0 bridgehead atoms. The van der Waals surface area contributed by atoms with Crippen LogP contribution in [0.4, 0.5) is 30.7 Å². The molecule has 0 saturated carbocycles. The van der Waals surface area contributed by atoms with E-state index in [4.69, 9.17) is 11.6 Å². The van der Waals surface area contributed by atoms with E-state index in [1.165, 1.54) is 45.0 Å². The van der Waals surface area contributed by atoms with Crippen molar-refractivity contribution in [2.75, 3.05) is 0 Å². The third-order valence-electron chi connectivity index (χ3n) is 4.17. The van der Waals surface area contributed by atoms with Crippen LogP contribution in [0.15, 0.2) is 30.3 Å². The molecule has 142 valence electrons. The van der Waals surface area contributed by atoms with Crippen molar-refractivity contribution in [2.24, 2.45) is 0 Å². The molecule has 2 rings (SSSR count). The summed E-state index contributed by atoms with van der Waals surface area (Å²) in [6.07, 6.45) is -12.4. The van der Waals surface area contributed by atoms with Gasteiger partial charge in [0.25, 0.3) is 0 Å². The molecule has 2 aromatic rings. The highest BCUT2D eigenvalue weighted by molar-refractivity contribution is 6.31. The minimum Gasteiger partial charge on any atom is -0.218 e. The Morgan fingerprint density at radius 3 is 1.85 bits per heavy atom. The molecule has 0 aliphatic carbocycles. The van der Waals surface area contributed by atoms with Gasteiger partial charge in [-0.05, 0) is 49.1 Å². The van der Waals surface area contributed by atoms with Gasteiger partial charge in [0, 0.05) is 10.6 Å². The predicted octanol–water partition coefficient (Wildman–Crippen LogP) is 7.22. The average Bonchev–Trinajstić information content (AvgIpc) is 2.47. The summed E-state index contributed by atoms with van der Waals surface area (Å²) in [6, 6.07) is 6.13. The summed E-state index contributed by atoms with van der Waals surface area (Å²) < 4.78 is 94.6. The number of hydrogen-bond acceptors (Lipinski definition) is 0. The van der Waals surface area contributed by atoms with Crippen molar-refractivity contribution in [1.82, 2.24) is 0 Å². The molecule has 0 radical (unpaired) electrons. The van der Waals surface area contributed by atoms with E-state index in [1.54, 1.807) is 0 Å². The lowest BCUT2D eigenvalue weighted by Crippen LogP contribution is -2.50. The molecule has 0 fully saturated rings. The van der Waals surface area contributed by atoms with E-state index in [0.29, 0.717) is 6.07 Å². The lowest BCUT2D eigenvalue weighted by molar-refractivity contribution is -0.348. The fraction of sp³-hybridized carbons (Fsp3) is 0.333. The zero-order valence-corrected chi connectivity index (χ0v) is 14.7. The Labute approximate surface area is 150 Å². The summed E-state index contributed by atoms with van der Waals surface area (Å²) in [6.45, 7) is 4.08. The van der Waals surface area contributed by atoms with Crippen LogP contribution in [0.5, 0.6) is 0 Å². The van der Waals surface area contributed by atoms with Gasteiger partial charge in [-0.25, -0.2) is 4.39 Å². The summed E-state index contributed by atoms with van der Waals surface area (Å²) in [5.74, 6) is 0. The van der Waals surface area contributed by atoms with Crippen molar-refractivity contribution in [2.45, 2.75) is 38.8 Å². The summed E-state index contributed by atoms with van der Waals surface area (Å²) >= 11 is 5.96. The largest absolute Gasteiger partial charge is 0.435 e. The van der Waals surface area contributed by atoms with Gasteiger partial charge in [0.1, 0.15) is 0 Å². The summed E-state index contributed by atoms with van der Waals surface area (Å²) in [5, 5.41) is 0.150. The smallest absolute Gasteiger partial charge is 0.218 e. The van der Waals surface area contributed by atoms with Crippen LogP contribution in [-0.4, -0.2) is 12.4 Å². The van der Waals surface area contributed by atoms with Crippen LogP contribution in [0, 0.1) is 20.8 Å². The number of aryl methyl sites for hydroxylation is 2. The van der Waals surface area contributed by atoms with Crippen LogP contribution in [0.3, 0.4) is 0 Å². The number of rotatable bonds is 2. The Bertz CT molecular complexity index is 821. The van der Waals surface area contributed by atoms with E-state index >= 15 is 0 Å². The van der Waals surface area contributed by atoms with Gasteiger partial charge in [-0.1, -0.05) is 41.4 Å². The molecule has 0 saturated heterocycles. The Morgan fingerprint density at radius 1 is 0.808 bits per heavy atom. The van der Waals surface area contributed by atoms with Crippen LogP contribution >= 0.6 is 11.6 Å². The summed E-state index contributed by atoms with van der Waals surface area (Å²) in [5.41, 5.74) is -7.03. The quantitative estimate of drug-likeness (QED) is 0.468. The first-order chi connectivity index (χ1) is 11.7. The molecule has 0 N–H and O–H groups in total. The van der Waals surface area contributed by atoms with Crippen LogP contribution in [-0.2, 0) is 5.67 Å². The average molecular weight is 399 g/mol. The Morgan fingerprint density at radius 2 is 1.35 bits per heavy atom. The minimum absolute atomic E-state index is 0.0144. The number of hydrogen-bond donors (Lipinski definition) is 0. The lowest BCUT2D eigenvalue weighted by Gasteiger charge is -2.33. The van der Waals surface area contributed by atoms with Gasteiger partial charge in [-0.2, -0.15) is 26.3 Å². The molecular formula is C18H14ClF7. The van der Waals surface area contributed by atoms with Gasteiger partial charge >= 0.3 is 18.0 Å². The number of alkyl halides is 7. The SMILES string of the molecule is Cc1cc(C)c(-c2cccc(Cl)c2C)c(C(F)(C(F)(F)F)C(F)(F)F)c1. The van der Waals surface area contributed by atoms with E-state index in [9.17, 15) is 30.7 Å². The van der Waals surface area contributed by atoms with Crippen LogP contribution in [0.25, 0.3) is 11.1 Å². The van der Waals surface area contributed by atoms with Crippen molar-refractivity contribution in [1.29, 1.82) is 0 Å². The first-order valence-corrected chi connectivity index (χ1v) is 7.79. The molecule has 0 nitrogen and oxygen atoms in total. The van der Waals surface area contributed by atoms with E-state index < -0.39 is 29.1 Å². The summed E-state index contributed by atoms with van der Waals surface area (Å²) in [7, 11) is 0. The lowest BCUT2D eigenvalue weighted by atomic mass is 9.82. The van der Waals surface area contributed by atoms with Crippen LogP contribution < -0.4 is 0 Å². The number of halogens is 8. The van der Waals surface area contributed by atoms with Crippen molar-refractivity contribution in [3.63, 3.8) is 0 Å². The molecule has 0 atom stereocenters. The van der Waals surface area contributed by atoms with Gasteiger partial charge in [-0.3, -0.25) is 0 Å². The molecule has 0 unspecified atom stereocenters. The second-order valence-electron chi connectivity index (χ2n) is 6.07. The minimum atomic E-state index is -6.19. The van der Waals surface area contributed by atoms with Gasteiger partial charge < -0.3 is 0 Å². The predicted molar refractivity (Wildman–Crippen MR) is 86.0 cm³/mol. The topological polar surface area (TPSA) is 0 Å². The fourth-order valence-electron chi connectivity index (χ4n) is 2.94. The standard InChI is InChI=1S/C18H14ClF7/c1-9-7-10(2)15(12-5-4-6-14(19)11(12)3)13(8-9)16(20,17(21,22)23)18(24,25)26/h4-8H,1-3H3. The maximum absolute atomic E-state index is 14.8. The molecular weight excluding hydrogens is 385 g/mol. The van der Waals surface area contributed by atoms with Crippen LogP contribution in [0.2, 0.25) is 5.02 Å². The molecule has 0 amide bonds. The van der Waals surface area contributed by atoms with Gasteiger partial charge in [0.15, 0.2) is 0 Å². The molecule has 0 heterocycles. The highest BCUT2D eigenvalue weighted by atomic mass is 35.5. The molecule has 8 heteroatoms. The normalized spacial score (nSPS) is 13.2. The monoisotopic (exact) mass is 398 g/mol. The second-order valence-corrected chi connectivity index (χ2v) is 6.48. The Balaban J connectivity index is 3.00. The van der Waals surface area contributed by atoms with Crippen molar-refractivity contribution in [3.8, 4) is 11.1 Å². The molecule has 0 aromatic heterocycles. The van der Waals surface area contributed by atoms with Gasteiger partial charge in [0.2, 0.25) is 0 Å². The van der Waals surface area contributed by atoms with E-state index in [-0.39, 0.29) is 27.3 Å². The maximum Gasteiger partial charge on any atom is 0.435 e. The van der Waals surface area contributed by atoms with Gasteiger partial charge in [-0.15, -0.1) is 0 Å². The zero-order chi connectivity index (χ0) is 20.1.